The van der Waals surface area contributed by atoms with Gasteiger partial charge in [0.15, 0.2) is 5.11 Å². The Morgan fingerprint density at radius 3 is 2.45 bits per heavy atom. The van der Waals surface area contributed by atoms with Crippen LogP contribution in [0, 0.1) is 20.8 Å². The molecule has 1 aliphatic rings. The predicted octanol–water partition coefficient (Wildman–Crippen LogP) is 6.03. The molecule has 2 atom stereocenters. The number of hydrogen-bond acceptors (Lipinski definition) is 4. The number of pyridine rings is 1. The second-order valence-corrected chi connectivity index (χ2v) is 9.96. The van der Waals surface area contributed by atoms with E-state index in [1.807, 2.05) is 56.3 Å². The molecule has 0 bridgehead atoms. The lowest BCUT2D eigenvalue weighted by atomic mass is 9.96. The number of nitrogens with zero attached hydrogens (tertiary/aromatic N) is 3. The smallest absolute Gasteiger partial charge is 0.224 e. The van der Waals surface area contributed by atoms with Crippen molar-refractivity contribution in [1.29, 1.82) is 0 Å². The molecular weight excluding hydrogens is 494 g/mol. The summed E-state index contributed by atoms with van der Waals surface area (Å²) in [5.41, 5.74) is 7.86. The molecule has 0 aliphatic carbocycles. The van der Waals surface area contributed by atoms with Gasteiger partial charge in [-0.15, -0.1) is 0 Å². The summed E-state index contributed by atoms with van der Waals surface area (Å²) in [6.45, 7) is 8.02. The largest absolute Gasteiger partial charge is 0.508 e. The molecule has 1 fully saturated rings. The maximum atomic E-state index is 12.0. The number of rotatable bonds is 6. The van der Waals surface area contributed by atoms with Crippen LogP contribution in [0.3, 0.4) is 0 Å². The van der Waals surface area contributed by atoms with Crippen molar-refractivity contribution >= 4 is 34.6 Å². The van der Waals surface area contributed by atoms with Crippen LogP contribution in [0.25, 0.3) is 5.69 Å². The van der Waals surface area contributed by atoms with Crippen molar-refractivity contribution in [2.45, 2.75) is 46.2 Å². The van der Waals surface area contributed by atoms with Crippen LogP contribution in [0.5, 0.6) is 5.75 Å². The number of hydrogen-bond donors (Lipinski definition) is 3. The highest BCUT2D eigenvalue weighted by atomic mass is 32.1. The van der Waals surface area contributed by atoms with Gasteiger partial charge in [-0.2, -0.15) is 0 Å². The standard InChI is InChI=1S/C30H31N5O2S/c1-5-27(37)32-25-14-11-22(16-18(25)2)35-29(28(33-30(35)38)26-8-6-7-15-31-26)24-17-19(3)34(20(24)4)21-9-12-23(36)13-10-21/h6-17,28-29,36H,5H2,1-4H3,(H,32,37)(H,33,38)/t28-,29+/m0/s1. The summed E-state index contributed by atoms with van der Waals surface area (Å²) < 4.78 is 2.19. The zero-order valence-corrected chi connectivity index (χ0v) is 22.7. The van der Waals surface area contributed by atoms with E-state index in [1.54, 1.807) is 18.3 Å². The lowest BCUT2D eigenvalue weighted by Gasteiger charge is -2.29. The van der Waals surface area contributed by atoms with Crippen LogP contribution in [0.1, 0.15) is 53.6 Å². The molecule has 7 nitrogen and oxygen atoms in total. The molecule has 0 unspecified atom stereocenters. The molecule has 38 heavy (non-hydrogen) atoms. The van der Waals surface area contributed by atoms with Crippen molar-refractivity contribution in [3.05, 3.63) is 101 Å². The fraction of sp³-hybridized carbons (Fsp3) is 0.233. The first-order valence-corrected chi connectivity index (χ1v) is 13.1. The number of thiocarbonyl (C=S) groups is 1. The van der Waals surface area contributed by atoms with Crippen molar-refractivity contribution in [3.63, 3.8) is 0 Å². The van der Waals surface area contributed by atoms with Crippen molar-refractivity contribution < 1.29 is 9.90 Å². The number of carbonyl (C=O) groups is 1. The molecule has 2 aromatic heterocycles. The first kappa shape index (κ1) is 25.5. The van der Waals surface area contributed by atoms with E-state index in [0.717, 1.165) is 45.3 Å². The summed E-state index contributed by atoms with van der Waals surface area (Å²) in [7, 11) is 0. The van der Waals surface area contributed by atoms with E-state index < -0.39 is 0 Å². The number of carbonyl (C=O) groups excluding carboxylic acids is 1. The summed E-state index contributed by atoms with van der Waals surface area (Å²) in [6, 6.07) is 21.0. The topological polar surface area (TPSA) is 82.4 Å². The Bertz CT molecular complexity index is 1500. The van der Waals surface area contributed by atoms with Crippen LogP contribution in [0.4, 0.5) is 11.4 Å². The van der Waals surface area contributed by atoms with E-state index in [2.05, 4.69) is 51.1 Å². The quantitative estimate of drug-likeness (QED) is 0.267. The minimum absolute atomic E-state index is 0.0195. The van der Waals surface area contributed by atoms with E-state index in [4.69, 9.17) is 12.2 Å². The first-order chi connectivity index (χ1) is 18.3. The van der Waals surface area contributed by atoms with E-state index in [1.165, 1.54) is 0 Å². The van der Waals surface area contributed by atoms with Crippen LogP contribution >= 0.6 is 12.2 Å². The van der Waals surface area contributed by atoms with Crippen LogP contribution in [0.2, 0.25) is 0 Å². The van der Waals surface area contributed by atoms with Gasteiger partial charge in [0.25, 0.3) is 0 Å². The molecule has 0 saturated carbocycles. The van der Waals surface area contributed by atoms with Crippen molar-refractivity contribution in [1.82, 2.24) is 14.9 Å². The van der Waals surface area contributed by atoms with Gasteiger partial charge >= 0.3 is 0 Å². The molecule has 8 heteroatoms. The number of nitrogens with one attached hydrogen (secondary N) is 2. The van der Waals surface area contributed by atoms with E-state index in [9.17, 15) is 9.90 Å². The van der Waals surface area contributed by atoms with Crippen LogP contribution in [-0.2, 0) is 4.79 Å². The Labute approximate surface area is 228 Å². The average molecular weight is 526 g/mol. The monoisotopic (exact) mass is 525 g/mol. The number of amides is 1. The van der Waals surface area contributed by atoms with Gasteiger partial charge in [-0.1, -0.05) is 13.0 Å². The van der Waals surface area contributed by atoms with E-state index in [-0.39, 0.29) is 23.7 Å². The second-order valence-electron chi connectivity index (χ2n) is 9.58. The average Bonchev–Trinajstić information content (AvgIpc) is 3.41. The first-order valence-electron chi connectivity index (χ1n) is 12.7. The number of aromatic nitrogens is 2. The SMILES string of the molecule is CCC(=O)Nc1ccc(N2C(=S)N[C@@H](c3ccccn3)[C@H]2c2cc(C)n(-c3ccc(O)cc3)c2C)cc1C. The zero-order chi connectivity index (χ0) is 27.0. The van der Waals surface area contributed by atoms with Crippen LogP contribution < -0.4 is 15.5 Å². The predicted molar refractivity (Wildman–Crippen MR) is 155 cm³/mol. The van der Waals surface area contributed by atoms with Crippen LogP contribution in [-0.4, -0.2) is 25.7 Å². The minimum Gasteiger partial charge on any atom is -0.508 e. The van der Waals surface area contributed by atoms with Gasteiger partial charge in [-0.3, -0.25) is 9.78 Å². The highest BCUT2D eigenvalue weighted by Crippen LogP contribution is 2.44. The second kappa shape index (κ2) is 10.3. The van der Waals surface area contributed by atoms with Gasteiger partial charge in [0.2, 0.25) is 5.91 Å². The number of phenolic OH excluding ortho intramolecular Hbond substituents is 1. The summed E-state index contributed by atoms with van der Waals surface area (Å²) in [5.74, 6) is 0.214. The lowest BCUT2D eigenvalue weighted by molar-refractivity contribution is -0.115. The third kappa shape index (κ3) is 4.63. The van der Waals surface area contributed by atoms with Crippen LogP contribution in [0.15, 0.2) is 72.9 Å². The fourth-order valence-electron chi connectivity index (χ4n) is 5.21. The lowest BCUT2D eigenvalue weighted by Crippen LogP contribution is -2.29. The number of benzene rings is 2. The molecule has 3 heterocycles. The summed E-state index contributed by atoms with van der Waals surface area (Å²) in [5, 5.41) is 16.9. The summed E-state index contributed by atoms with van der Waals surface area (Å²) in [4.78, 5) is 18.8. The third-order valence-electron chi connectivity index (χ3n) is 7.08. The normalized spacial score (nSPS) is 16.9. The Hall–Kier alpha value is -4.17. The molecule has 2 aromatic carbocycles. The highest BCUT2D eigenvalue weighted by Gasteiger charge is 2.42. The fourth-order valence-corrected chi connectivity index (χ4v) is 5.56. The highest BCUT2D eigenvalue weighted by molar-refractivity contribution is 7.80. The molecule has 3 N–H and O–H groups in total. The summed E-state index contributed by atoms with van der Waals surface area (Å²) >= 11 is 5.91. The Kier molecular flexibility index (Phi) is 6.91. The van der Waals surface area contributed by atoms with Gasteiger partial charge in [0.1, 0.15) is 5.75 Å². The molecular formula is C30H31N5O2S. The van der Waals surface area contributed by atoms with Gasteiger partial charge in [0, 0.05) is 41.1 Å². The molecule has 194 valence electrons. The maximum absolute atomic E-state index is 12.0. The maximum Gasteiger partial charge on any atom is 0.224 e. The van der Waals surface area contributed by atoms with Crippen molar-refractivity contribution in [2.24, 2.45) is 0 Å². The Morgan fingerprint density at radius 1 is 1.05 bits per heavy atom. The Morgan fingerprint density at radius 2 is 1.79 bits per heavy atom. The number of anilines is 2. The third-order valence-corrected chi connectivity index (χ3v) is 7.39. The zero-order valence-electron chi connectivity index (χ0n) is 21.9. The minimum atomic E-state index is -0.169. The molecule has 0 radical (unpaired) electrons. The molecule has 4 aromatic rings. The summed E-state index contributed by atoms with van der Waals surface area (Å²) in [6.07, 6.45) is 2.22. The molecule has 1 saturated heterocycles. The van der Waals surface area contributed by atoms with E-state index in [0.29, 0.717) is 11.5 Å². The van der Waals surface area contributed by atoms with Crippen molar-refractivity contribution in [2.75, 3.05) is 10.2 Å². The number of phenols is 1. The van der Waals surface area contributed by atoms with Gasteiger partial charge < -0.3 is 25.2 Å². The Balaban J connectivity index is 1.63. The van der Waals surface area contributed by atoms with Gasteiger partial charge in [-0.25, -0.2) is 0 Å². The molecule has 0 spiro atoms. The molecule has 5 rings (SSSR count). The van der Waals surface area contributed by atoms with Gasteiger partial charge in [-0.05, 0) is 105 Å². The number of aromatic hydroxyl groups is 1. The number of aryl methyl sites for hydroxylation is 2. The molecule has 1 aliphatic heterocycles. The molecule has 1 amide bonds. The van der Waals surface area contributed by atoms with Crippen molar-refractivity contribution in [3.8, 4) is 11.4 Å². The van der Waals surface area contributed by atoms with E-state index >= 15 is 0 Å². The van der Waals surface area contributed by atoms with Gasteiger partial charge in [0.05, 0.1) is 17.8 Å².